The molecule has 48 heavy (non-hydrogen) atoms. The highest BCUT2D eigenvalue weighted by Crippen LogP contribution is 2.41. The molecular weight excluding hydrogens is 655 g/mol. The molecule has 2 aliphatic heterocycles. The molecule has 2 fully saturated rings. The Labute approximate surface area is 270 Å². The molecular formula is C33H33F9N4O2. The number of anilines is 4. The van der Waals surface area contributed by atoms with E-state index in [-0.39, 0.29) is 49.7 Å². The van der Waals surface area contributed by atoms with Crippen molar-refractivity contribution < 1.29 is 49.4 Å². The molecule has 6 nitrogen and oxygen atoms in total. The summed E-state index contributed by atoms with van der Waals surface area (Å²) < 4.78 is 124. The van der Waals surface area contributed by atoms with Crippen LogP contribution in [0.15, 0.2) is 60.7 Å². The molecule has 0 atom stereocenters. The average Bonchev–Trinajstić information content (AvgIpc) is 3.03. The summed E-state index contributed by atoms with van der Waals surface area (Å²) in [5.41, 5.74) is -1.68. The number of piperazine rings is 1. The Morgan fingerprint density at radius 3 is 1.85 bits per heavy atom. The summed E-state index contributed by atoms with van der Waals surface area (Å²) in [6.45, 7) is 1.02. The Morgan fingerprint density at radius 2 is 1.27 bits per heavy atom. The van der Waals surface area contributed by atoms with Gasteiger partial charge in [-0.15, -0.1) is 0 Å². The molecule has 0 aliphatic carbocycles. The second-order valence-electron chi connectivity index (χ2n) is 12.0. The van der Waals surface area contributed by atoms with Crippen molar-refractivity contribution in [2.45, 2.75) is 37.9 Å². The van der Waals surface area contributed by atoms with Crippen molar-refractivity contribution in [1.29, 1.82) is 0 Å². The number of halogens is 9. The maximum Gasteiger partial charge on any atom is 0.418 e. The number of carboxylic acids is 1. The zero-order chi connectivity index (χ0) is 35.0. The topological polar surface area (TPSA) is 50.3 Å². The normalized spacial score (nSPS) is 16.8. The van der Waals surface area contributed by atoms with Crippen molar-refractivity contribution in [3.63, 3.8) is 0 Å². The monoisotopic (exact) mass is 688 g/mol. The fourth-order valence-corrected chi connectivity index (χ4v) is 6.26. The van der Waals surface area contributed by atoms with Gasteiger partial charge in [-0.2, -0.15) is 39.5 Å². The van der Waals surface area contributed by atoms with Crippen LogP contribution < -0.4 is 19.6 Å². The van der Waals surface area contributed by atoms with Gasteiger partial charge in [0.25, 0.3) is 0 Å². The Balaban J connectivity index is 1.36. The van der Waals surface area contributed by atoms with Gasteiger partial charge >= 0.3 is 24.5 Å². The summed E-state index contributed by atoms with van der Waals surface area (Å²) in [5.74, 6) is -1.51. The van der Waals surface area contributed by atoms with E-state index >= 15 is 0 Å². The minimum Gasteiger partial charge on any atom is -0.481 e. The number of benzene rings is 3. The SMILES string of the molecule is CN(Cc1cc(C(F)(F)F)ccc1N1CCC(C(=O)O)CC1)c1ccc(N2CCN(c3cccc(C(F)(F)F)c3)CC2)c(C(F)(F)F)c1. The zero-order valence-corrected chi connectivity index (χ0v) is 25.8. The van der Waals surface area contributed by atoms with E-state index in [4.69, 9.17) is 0 Å². The summed E-state index contributed by atoms with van der Waals surface area (Å²) >= 11 is 0. The molecule has 0 radical (unpaired) electrons. The highest BCUT2D eigenvalue weighted by molar-refractivity contribution is 5.71. The molecule has 15 heteroatoms. The van der Waals surface area contributed by atoms with Crippen LogP contribution in [0.25, 0.3) is 0 Å². The Morgan fingerprint density at radius 1 is 0.708 bits per heavy atom. The van der Waals surface area contributed by atoms with Crippen LogP contribution >= 0.6 is 0 Å². The molecule has 0 spiro atoms. The predicted molar refractivity (Wildman–Crippen MR) is 163 cm³/mol. The van der Waals surface area contributed by atoms with Gasteiger partial charge in [0.1, 0.15) is 0 Å². The second-order valence-corrected chi connectivity index (χ2v) is 12.0. The number of piperidine rings is 1. The number of hydrogen-bond acceptors (Lipinski definition) is 5. The van der Waals surface area contributed by atoms with Crippen molar-refractivity contribution in [3.8, 4) is 0 Å². The van der Waals surface area contributed by atoms with Crippen LogP contribution in [0.3, 0.4) is 0 Å². The standard InChI is InChI=1S/C33H33F9N4O2/c1-43(20-22-17-24(32(37,38)39)5-7-28(22)45-11-9-21(10-12-45)30(47)48)25-6-8-29(27(19-25)33(40,41)42)46-15-13-44(14-16-46)26-4-2-3-23(18-26)31(34,35)36/h2-8,17-19,21H,9-16,20H2,1H3,(H,47,48). The molecule has 260 valence electrons. The van der Waals surface area contributed by atoms with Crippen molar-refractivity contribution in [2.24, 2.45) is 5.92 Å². The lowest BCUT2D eigenvalue weighted by atomic mass is 9.95. The number of rotatable bonds is 7. The van der Waals surface area contributed by atoms with E-state index in [0.29, 0.717) is 37.3 Å². The Bertz CT molecular complexity index is 1610. The fourth-order valence-electron chi connectivity index (χ4n) is 6.26. The zero-order valence-electron chi connectivity index (χ0n) is 25.8. The largest absolute Gasteiger partial charge is 0.481 e. The molecule has 0 unspecified atom stereocenters. The lowest BCUT2D eigenvalue weighted by Crippen LogP contribution is -2.47. The maximum absolute atomic E-state index is 14.4. The van der Waals surface area contributed by atoms with Gasteiger partial charge in [-0.3, -0.25) is 4.79 Å². The average molecular weight is 689 g/mol. The number of carboxylic acid groups (broad SMARTS) is 1. The van der Waals surface area contributed by atoms with Crippen molar-refractivity contribution in [2.75, 3.05) is 65.9 Å². The van der Waals surface area contributed by atoms with Gasteiger partial charge in [0, 0.05) is 75.6 Å². The third kappa shape index (κ3) is 7.87. The third-order valence-electron chi connectivity index (χ3n) is 8.88. The van der Waals surface area contributed by atoms with Crippen LogP contribution in [0.1, 0.15) is 35.1 Å². The summed E-state index contributed by atoms with van der Waals surface area (Å²) in [4.78, 5) is 17.8. The first-order chi connectivity index (χ1) is 22.4. The maximum atomic E-state index is 14.4. The first-order valence-corrected chi connectivity index (χ1v) is 15.2. The first-order valence-electron chi connectivity index (χ1n) is 15.2. The quantitative estimate of drug-likeness (QED) is 0.254. The molecule has 0 aromatic heterocycles. The van der Waals surface area contributed by atoms with E-state index in [1.54, 1.807) is 9.80 Å². The smallest absolute Gasteiger partial charge is 0.418 e. The second kappa shape index (κ2) is 13.3. The number of alkyl halides is 9. The van der Waals surface area contributed by atoms with E-state index in [2.05, 4.69) is 0 Å². The Hall–Kier alpha value is -4.30. The van der Waals surface area contributed by atoms with Crippen molar-refractivity contribution >= 4 is 28.7 Å². The molecule has 2 saturated heterocycles. The minimum absolute atomic E-state index is 0.107. The predicted octanol–water partition coefficient (Wildman–Crippen LogP) is 8.01. The highest BCUT2D eigenvalue weighted by atomic mass is 19.4. The van der Waals surface area contributed by atoms with Crippen LogP contribution in [0.2, 0.25) is 0 Å². The number of nitrogens with zero attached hydrogens (tertiary/aromatic N) is 4. The number of carbonyl (C=O) groups is 1. The molecule has 2 aliphatic rings. The molecule has 3 aromatic rings. The van der Waals surface area contributed by atoms with E-state index in [9.17, 15) is 49.4 Å². The number of hydrogen-bond donors (Lipinski definition) is 1. The van der Waals surface area contributed by atoms with E-state index < -0.39 is 47.1 Å². The van der Waals surface area contributed by atoms with Gasteiger partial charge in [0.05, 0.1) is 22.6 Å². The first kappa shape index (κ1) is 35.0. The minimum atomic E-state index is -4.78. The lowest BCUT2D eigenvalue weighted by Gasteiger charge is -2.38. The molecule has 1 N–H and O–H groups in total. The molecule has 0 bridgehead atoms. The molecule has 5 rings (SSSR count). The summed E-state index contributed by atoms with van der Waals surface area (Å²) in [6, 6.07) is 11.7. The van der Waals surface area contributed by atoms with Crippen LogP contribution in [-0.4, -0.2) is 57.4 Å². The van der Waals surface area contributed by atoms with Gasteiger partial charge in [-0.05, 0) is 73.0 Å². The molecule has 0 amide bonds. The Kier molecular flexibility index (Phi) is 9.71. The summed E-state index contributed by atoms with van der Waals surface area (Å²) in [7, 11) is 1.48. The highest BCUT2D eigenvalue weighted by Gasteiger charge is 2.37. The van der Waals surface area contributed by atoms with Gasteiger partial charge in [0.15, 0.2) is 0 Å². The third-order valence-corrected chi connectivity index (χ3v) is 8.88. The van der Waals surface area contributed by atoms with Crippen molar-refractivity contribution in [3.05, 3.63) is 82.9 Å². The van der Waals surface area contributed by atoms with Gasteiger partial charge in [-0.25, -0.2) is 0 Å². The van der Waals surface area contributed by atoms with Gasteiger partial charge in [0.2, 0.25) is 0 Å². The molecule has 3 aromatic carbocycles. The summed E-state index contributed by atoms with van der Waals surface area (Å²) in [6.07, 6.45) is -13.4. The van der Waals surface area contributed by atoms with Crippen molar-refractivity contribution in [1.82, 2.24) is 0 Å². The van der Waals surface area contributed by atoms with Gasteiger partial charge < -0.3 is 24.7 Å². The lowest BCUT2D eigenvalue weighted by molar-refractivity contribution is -0.142. The van der Waals surface area contributed by atoms with Gasteiger partial charge in [-0.1, -0.05) is 6.07 Å². The fraction of sp³-hybridized carbons (Fsp3) is 0.424. The van der Waals surface area contributed by atoms with Crippen LogP contribution in [0, 0.1) is 5.92 Å². The van der Waals surface area contributed by atoms with Crippen LogP contribution in [0.5, 0.6) is 0 Å². The van der Waals surface area contributed by atoms with E-state index in [1.807, 2.05) is 0 Å². The van der Waals surface area contributed by atoms with E-state index in [1.165, 1.54) is 47.2 Å². The van der Waals surface area contributed by atoms with E-state index in [0.717, 1.165) is 30.3 Å². The van der Waals surface area contributed by atoms with Crippen LogP contribution in [0.4, 0.5) is 62.3 Å². The molecule has 2 heterocycles. The number of aliphatic carboxylic acids is 1. The van der Waals surface area contributed by atoms with Crippen LogP contribution in [-0.2, 0) is 29.9 Å². The molecule has 0 saturated carbocycles. The summed E-state index contributed by atoms with van der Waals surface area (Å²) in [5, 5.41) is 9.33.